The van der Waals surface area contributed by atoms with Crippen LogP contribution in [0.15, 0.2) is 34.9 Å². The topological polar surface area (TPSA) is 56.9 Å². The number of para-hydroxylation sites is 1. The maximum Gasteiger partial charge on any atom is 0.421 e. The van der Waals surface area contributed by atoms with Crippen molar-refractivity contribution in [1.82, 2.24) is 10.0 Å². The summed E-state index contributed by atoms with van der Waals surface area (Å²) in [6.07, 6.45) is 1.57. The zero-order valence-corrected chi connectivity index (χ0v) is 12.0. The van der Waals surface area contributed by atoms with E-state index < -0.39 is 6.09 Å². The Hall–Kier alpha value is -2.01. The second-order valence-electron chi connectivity index (χ2n) is 5.00. The highest BCUT2D eigenvalue weighted by Gasteiger charge is 2.22. The first-order chi connectivity index (χ1) is 9.54. The first-order valence-corrected chi connectivity index (χ1v) is 6.68. The number of furan rings is 1. The van der Waals surface area contributed by atoms with Gasteiger partial charge in [0.25, 0.3) is 0 Å². The smallest absolute Gasteiger partial charge is 0.421 e. The third kappa shape index (κ3) is 2.77. The van der Waals surface area contributed by atoms with E-state index in [1.54, 1.807) is 25.4 Å². The molecular weight excluding hydrogens is 256 g/mol. The molecule has 2 aromatic rings. The van der Waals surface area contributed by atoms with E-state index in [1.165, 1.54) is 5.01 Å². The fraction of sp³-hybridized carbons (Fsp3) is 0.400. The van der Waals surface area contributed by atoms with E-state index in [0.717, 1.165) is 23.0 Å². The zero-order valence-electron chi connectivity index (χ0n) is 12.0. The number of hydrogen-bond donors (Lipinski definition) is 1. The average molecular weight is 276 g/mol. The van der Waals surface area contributed by atoms with Gasteiger partial charge in [-0.15, -0.1) is 0 Å². The van der Waals surface area contributed by atoms with Crippen LogP contribution in [0.1, 0.15) is 24.8 Å². The Balaban J connectivity index is 2.32. The van der Waals surface area contributed by atoms with E-state index in [9.17, 15) is 9.90 Å². The maximum absolute atomic E-state index is 11.3. The van der Waals surface area contributed by atoms with Crippen LogP contribution >= 0.6 is 0 Å². The van der Waals surface area contributed by atoms with Crippen molar-refractivity contribution in [1.29, 1.82) is 0 Å². The van der Waals surface area contributed by atoms with Crippen molar-refractivity contribution in [2.75, 3.05) is 20.6 Å². The van der Waals surface area contributed by atoms with Crippen LogP contribution in [0.4, 0.5) is 4.79 Å². The fourth-order valence-electron chi connectivity index (χ4n) is 2.41. The minimum Gasteiger partial charge on any atom is -0.464 e. The van der Waals surface area contributed by atoms with Gasteiger partial charge in [-0.2, -0.15) is 0 Å². The van der Waals surface area contributed by atoms with Crippen LogP contribution in [0.5, 0.6) is 0 Å². The lowest BCUT2D eigenvalue weighted by molar-refractivity contribution is 0.0265. The van der Waals surface area contributed by atoms with E-state index in [2.05, 4.69) is 6.92 Å². The molecule has 5 heteroatoms. The second-order valence-corrected chi connectivity index (χ2v) is 5.00. The lowest BCUT2D eigenvalue weighted by Crippen LogP contribution is -2.43. The van der Waals surface area contributed by atoms with Crippen molar-refractivity contribution in [3.63, 3.8) is 0 Å². The van der Waals surface area contributed by atoms with Gasteiger partial charge in [0.15, 0.2) is 0 Å². The largest absolute Gasteiger partial charge is 0.464 e. The average Bonchev–Trinajstić information content (AvgIpc) is 2.87. The maximum atomic E-state index is 11.3. The van der Waals surface area contributed by atoms with Crippen molar-refractivity contribution in [3.05, 3.63) is 36.1 Å². The summed E-state index contributed by atoms with van der Waals surface area (Å²) in [7, 11) is 3.46. The first-order valence-electron chi connectivity index (χ1n) is 6.68. The van der Waals surface area contributed by atoms with Gasteiger partial charge in [0.1, 0.15) is 5.58 Å². The van der Waals surface area contributed by atoms with Crippen LogP contribution < -0.4 is 0 Å². The van der Waals surface area contributed by atoms with Crippen LogP contribution in [0.2, 0.25) is 0 Å². The minimum atomic E-state index is -0.944. The summed E-state index contributed by atoms with van der Waals surface area (Å²) in [5, 5.41) is 13.2. The van der Waals surface area contributed by atoms with Crippen LogP contribution in [0.3, 0.4) is 0 Å². The molecule has 0 spiro atoms. The quantitative estimate of drug-likeness (QED) is 0.850. The molecule has 1 amide bonds. The Morgan fingerprint density at radius 1 is 1.35 bits per heavy atom. The van der Waals surface area contributed by atoms with Crippen LogP contribution in [0, 0.1) is 0 Å². The summed E-state index contributed by atoms with van der Waals surface area (Å²) >= 11 is 0. The molecule has 5 nitrogen and oxygen atoms in total. The summed E-state index contributed by atoms with van der Waals surface area (Å²) in [5.41, 5.74) is 1.91. The van der Waals surface area contributed by atoms with E-state index in [-0.39, 0.29) is 5.92 Å². The fourth-order valence-corrected chi connectivity index (χ4v) is 2.41. The molecule has 0 aliphatic carbocycles. The molecule has 2 rings (SSSR count). The lowest BCUT2D eigenvalue weighted by Gasteiger charge is -2.29. The van der Waals surface area contributed by atoms with Crippen molar-refractivity contribution in [2.24, 2.45) is 0 Å². The van der Waals surface area contributed by atoms with Crippen molar-refractivity contribution >= 4 is 17.1 Å². The molecule has 1 N–H and O–H groups in total. The normalized spacial score (nSPS) is 12.8. The molecule has 1 heterocycles. The van der Waals surface area contributed by atoms with Gasteiger partial charge in [0.2, 0.25) is 0 Å². The van der Waals surface area contributed by atoms with E-state index >= 15 is 0 Å². The molecule has 0 radical (unpaired) electrons. The summed E-state index contributed by atoms with van der Waals surface area (Å²) in [5.74, 6) is 0.100. The summed E-state index contributed by atoms with van der Waals surface area (Å²) in [6, 6.07) is 7.91. The number of amides is 1. The van der Waals surface area contributed by atoms with Crippen LogP contribution in [-0.4, -0.2) is 41.9 Å². The van der Waals surface area contributed by atoms with Gasteiger partial charge in [-0.25, -0.2) is 14.8 Å². The Morgan fingerprint density at radius 2 is 2.10 bits per heavy atom. The van der Waals surface area contributed by atoms with Crippen LogP contribution in [0.25, 0.3) is 11.0 Å². The number of hydrazine groups is 1. The molecule has 1 unspecified atom stereocenters. The number of rotatable bonds is 5. The molecule has 1 aromatic carbocycles. The first kappa shape index (κ1) is 14.4. The van der Waals surface area contributed by atoms with E-state index in [4.69, 9.17) is 4.42 Å². The van der Waals surface area contributed by atoms with Crippen molar-refractivity contribution in [2.45, 2.75) is 19.3 Å². The predicted molar refractivity (Wildman–Crippen MR) is 77.7 cm³/mol. The molecule has 0 aliphatic heterocycles. The summed E-state index contributed by atoms with van der Waals surface area (Å²) in [4.78, 5) is 11.3. The number of nitrogens with zero attached hydrogens (tertiary/aromatic N) is 2. The molecule has 0 bridgehead atoms. The lowest BCUT2D eigenvalue weighted by atomic mass is 9.95. The Labute approximate surface area is 118 Å². The SMILES string of the molecule is CCC(CN(C(=O)O)N(C)C)c1cccc2ccoc12. The number of carbonyl (C=O) groups is 1. The summed E-state index contributed by atoms with van der Waals surface area (Å²) < 4.78 is 5.55. The highest BCUT2D eigenvalue weighted by molar-refractivity contribution is 5.80. The van der Waals surface area contributed by atoms with Gasteiger partial charge in [0, 0.05) is 37.5 Å². The number of benzene rings is 1. The molecule has 1 aromatic heterocycles. The van der Waals surface area contributed by atoms with E-state index in [0.29, 0.717) is 6.54 Å². The minimum absolute atomic E-state index is 0.100. The summed E-state index contributed by atoms with van der Waals surface area (Å²) in [6.45, 7) is 2.47. The third-order valence-corrected chi connectivity index (χ3v) is 3.54. The van der Waals surface area contributed by atoms with Gasteiger partial charge >= 0.3 is 6.09 Å². The Kier molecular flexibility index (Phi) is 4.29. The number of fused-ring (bicyclic) bond motifs is 1. The van der Waals surface area contributed by atoms with Crippen molar-refractivity contribution in [3.8, 4) is 0 Å². The van der Waals surface area contributed by atoms with Gasteiger partial charge < -0.3 is 9.52 Å². The highest BCUT2D eigenvalue weighted by Crippen LogP contribution is 2.29. The monoisotopic (exact) mass is 276 g/mol. The molecule has 20 heavy (non-hydrogen) atoms. The molecular formula is C15H20N2O3. The highest BCUT2D eigenvalue weighted by atomic mass is 16.4. The Bertz CT molecular complexity index is 592. The van der Waals surface area contributed by atoms with Gasteiger partial charge in [-0.1, -0.05) is 25.1 Å². The molecule has 108 valence electrons. The molecule has 0 saturated heterocycles. The number of hydrogen-bond acceptors (Lipinski definition) is 3. The van der Waals surface area contributed by atoms with Gasteiger partial charge in [-0.3, -0.25) is 0 Å². The number of carboxylic acid groups (broad SMARTS) is 1. The van der Waals surface area contributed by atoms with Gasteiger partial charge in [-0.05, 0) is 12.5 Å². The standard InChI is InChI=1S/C15H20N2O3/c1-4-11(10-17(15(18)19)16(2)3)13-7-5-6-12-8-9-20-14(12)13/h5-9,11H,4,10H2,1-3H3,(H,18,19). The molecule has 1 atom stereocenters. The zero-order chi connectivity index (χ0) is 14.7. The van der Waals surface area contributed by atoms with Crippen LogP contribution in [-0.2, 0) is 0 Å². The molecule has 0 aliphatic rings. The molecule has 0 fully saturated rings. The van der Waals surface area contributed by atoms with Crippen molar-refractivity contribution < 1.29 is 14.3 Å². The molecule has 0 saturated carbocycles. The Morgan fingerprint density at radius 3 is 2.70 bits per heavy atom. The predicted octanol–water partition coefficient (Wildman–Crippen LogP) is 3.38. The van der Waals surface area contributed by atoms with Gasteiger partial charge in [0.05, 0.1) is 6.26 Å². The second kappa shape index (κ2) is 5.96. The third-order valence-electron chi connectivity index (χ3n) is 3.54. The van der Waals surface area contributed by atoms with E-state index in [1.807, 2.05) is 24.3 Å².